The third kappa shape index (κ3) is 3.90. The lowest BCUT2D eigenvalue weighted by Gasteiger charge is -2.38. The Bertz CT molecular complexity index is 746. The Morgan fingerprint density at radius 1 is 1.12 bits per heavy atom. The topological polar surface area (TPSA) is 88.2 Å². The van der Waals surface area contributed by atoms with Crippen LogP contribution in [0.25, 0.3) is 0 Å². The monoisotopic (exact) mass is 405 g/mol. The van der Waals surface area contributed by atoms with Crippen molar-refractivity contribution in [2.45, 2.75) is 4.90 Å². The maximum Gasteiger partial charge on any atom is 0.247 e. The summed E-state index contributed by atoms with van der Waals surface area (Å²) in [4.78, 5) is 14.1. The number of ether oxygens (including phenoxy) is 2. The van der Waals surface area contributed by atoms with Crippen molar-refractivity contribution < 1.29 is 22.7 Å². The summed E-state index contributed by atoms with van der Waals surface area (Å²) in [6.45, 7) is 2.77. The van der Waals surface area contributed by atoms with E-state index >= 15 is 0 Å². The second-order valence-electron chi connectivity index (χ2n) is 6.10. The maximum atomic E-state index is 13.0. The van der Waals surface area contributed by atoms with E-state index in [0.29, 0.717) is 31.9 Å². The first-order chi connectivity index (χ1) is 12.0. The van der Waals surface area contributed by atoms with E-state index < -0.39 is 10.0 Å². The molecule has 10 heteroatoms. The van der Waals surface area contributed by atoms with E-state index in [1.807, 2.05) is 0 Å². The van der Waals surface area contributed by atoms with Crippen LogP contribution in [0.4, 0.5) is 0 Å². The second-order valence-corrected chi connectivity index (χ2v) is 8.01. The smallest absolute Gasteiger partial charge is 0.247 e. The Balaban J connectivity index is 0.00000243. The van der Waals surface area contributed by atoms with E-state index in [2.05, 4.69) is 5.32 Å². The summed E-state index contributed by atoms with van der Waals surface area (Å²) >= 11 is 0. The van der Waals surface area contributed by atoms with Crippen molar-refractivity contribution >= 4 is 28.3 Å². The number of hydrogen-bond donors (Lipinski definition) is 1. The number of nitrogens with one attached hydrogen (secondary N) is 1. The minimum atomic E-state index is -3.72. The first kappa shape index (κ1) is 20.8. The summed E-state index contributed by atoms with van der Waals surface area (Å²) in [5, 5.41) is 3.08. The van der Waals surface area contributed by atoms with Crippen LogP contribution in [0.5, 0.6) is 11.5 Å². The molecule has 3 rings (SSSR count). The molecule has 2 saturated heterocycles. The minimum absolute atomic E-state index is 0. The zero-order chi connectivity index (χ0) is 18.0. The lowest BCUT2D eigenvalue weighted by Crippen LogP contribution is -2.57. The predicted octanol–water partition coefficient (Wildman–Crippen LogP) is 0.178. The molecule has 1 aromatic rings. The van der Waals surface area contributed by atoms with E-state index in [-0.39, 0.29) is 48.0 Å². The molecule has 0 bridgehead atoms. The molecule has 0 spiro atoms. The SMILES string of the molecule is COc1ccc(OC)c(S(=O)(=O)N2CCN(C(=O)C3CNC3)CC2)c1.Cl. The van der Waals surface area contributed by atoms with Gasteiger partial charge in [0, 0.05) is 45.3 Å². The van der Waals surface area contributed by atoms with Gasteiger partial charge in [0.1, 0.15) is 16.4 Å². The van der Waals surface area contributed by atoms with Gasteiger partial charge in [-0.3, -0.25) is 4.79 Å². The van der Waals surface area contributed by atoms with Gasteiger partial charge < -0.3 is 19.7 Å². The molecular weight excluding hydrogens is 382 g/mol. The molecule has 2 aliphatic heterocycles. The number of amides is 1. The van der Waals surface area contributed by atoms with Crippen molar-refractivity contribution in [1.82, 2.24) is 14.5 Å². The van der Waals surface area contributed by atoms with Crippen LogP contribution in [0.3, 0.4) is 0 Å². The van der Waals surface area contributed by atoms with Gasteiger partial charge in [-0.15, -0.1) is 12.4 Å². The second kappa shape index (κ2) is 8.43. The Morgan fingerprint density at radius 2 is 1.77 bits per heavy atom. The Morgan fingerprint density at radius 3 is 2.27 bits per heavy atom. The standard InChI is InChI=1S/C16H23N3O5S.ClH/c1-23-13-3-4-14(24-2)15(9-13)25(21,22)19-7-5-18(6-8-19)16(20)12-10-17-11-12;/h3-4,9,12,17H,5-8,10-11H2,1-2H3;1H. The van der Waals surface area contributed by atoms with Crippen LogP contribution in [0.15, 0.2) is 23.1 Å². The van der Waals surface area contributed by atoms with Crippen molar-refractivity contribution in [2.75, 3.05) is 53.5 Å². The maximum absolute atomic E-state index is 13.0. The first-order valence-electron chi connectivity index (χ1n) is 8.19. The van der Waals surface area contributed by atoms with E-state index in [1.54, 1.807) is 17.0 Å². The zero-order valence-electron chi connectivity index (χ0n) is 14.8. The van der Waals surface area contributed by atoms with Crippen LogP contribution in [-0.4, -0.2) is 77.0 Å². The number of methoxy groups -OCH3 is 2. The van der Waals surface area contributed by atoms with Gasteiger partial charge in [0.15, 0.2) is 0 Å². The van der Waals surface area contributed by atoms with Crippen LogP contribution >= 0.6 is 12.4 Å². The van der Waals surface area contributed by atoms with Crippen LogP contribution in [0.1, 0.15) is 0 Å². The number of halogens is 1. The van der Waals surface area contributed by atoms with Gasteiger partial charge >= 0.3 is 0 Å². The molecule has 26 heavy (non-hydrogen) atoms. The fourth-order valence-corrected chi connectivity index (χ4v) is 4.59. The highest BCUT2D eigenvalue weighted by atomic mass is 35.5. The van der Waals surface area contributed by atoms with Crippen LogP contribution in [0.2, 0.25) is 0 Å². The molecule has 8 nitrogen and oxygen atoms in total. The summed E-state index contributed by atoms with van der Waals surface area (Å²) in [7, 11) is -0.802. The number of sulfonamides is 1. The normalized spacial score (nSPS) is 18.6. The van der Waals surface area contributed by atoms with Gasteiger partial charge in [0.05, 0.1) is 20.1 Å². The van der Waals surface area contributed by atoms with Gasteiger partial charge in [0.25, 0.3) is 0 Å². The van der Waals surface area contributed by atoms with Crippen molar-refractivity contribution in [3.8, 4) is 11.5 Å². The molecule has 0 aliphatic carbocycles. The summed E-state index contributed by atoms with van der Waals surface area (Å²) in [5.41, 5.74) is 0. The Labute approximate surface area is 159 Å². The number of hydrogen-bond acceptors (Lipinski definition) is 6. The number of benzene rings is 1. The van der Waals surface area contributed by atoms with Crippen molar-refractivity contribution in [3.63, 3.8) is 0 Å². The summed E-state index contributed by atoms with van der Waals surface area (Å²) in [6, 6.07) is 4.70. The Kier molecular flexibility index (Phi) is 6.73. The van der Waals surface area contributed by atoms with Gasteiger partial charge in [0.2, 0.25) is 15.9 Å². The molecule has 2 aliphatic rings. The summed E-state index contributed by atoms with van der Waals surface area (Å²) < 4.78 is 37.7. The van der Waals surface area contributed by atoms with Gasteiger partial charge in [-0.25, -0.2) is 8.42 Å². The molecule has 0 atom stereocenters. The largest absolute Gasteiger partial charge is 0.497 e. The van der Waals surface area contributed by atoms with Crippen LogP contribution < -0.4 is 14.8 Å². The fraction of sp³-hybridized carbons (Fsp3) is 0.562. The molecule has 0 aromatic heterocycles. The molecular formula is C16H24ClN3O5S. The number of nitrogens with zero attached hydrogens (tertiary/aromatic N) is 2. The van der Waals surface area contributed by atoms with E-state index in [1.165, 1.54) is 24.6 Å². The Hall–Kier alpha value is -1.55. The minimum Gasteiger partial charge on any atom is -0.497 e. The van der Waals surface area contributed by atoms with E-state index in [9.17, 15) is 13.2 Å². The first-order valence-corrected chi connectivity index (χ1v) is 9.63. The van der Waals surface area contributed by atoms with Gasteiger partial charge in [-0.2, -0.15) is 4.31 Å². The molecule has 146 valence electrons. The van der Waals surface area contributed by atoms with E-state index in [0.717, 1.165) is 0 Å². The highest BCUT2D eigenvalue weighted by Gasteiger charge is 2.35. The third-order valence-corrected chi connectivity index (χ3v) is 6.59. The molecule has 0 radical (unpaired) electrons. The number of carbonyl (C=O) groups is 1. The number of rotatable bonds is 5. The predicted molar refractivity (Wildman–Crippen MR) is 98.5 cm³/mol. The fourth-order valence-electron chi connectivity index (χ4n) is 3.00. The lowest BCUT2D eigenvalue weighted by atomic mass is 10.0. The molecule has 1 aromatic carbocycles. The molecule has 2 fully saturated rings. The zero-order valence-corrected chi connectivity index (χ0v) is 16.4. The average Bonchev–Trinajstić information content (AvgIpc) is 2.59. The molecule has 1 N–H and O–H groups in total. The number of carbonyl (C=O) groups excluding carboxylic acids is 1. The van der Waals surface area contributed by atoms with E-state index in [4.69, 9.17) is 9.47 Å². The quantitative estimate of drug-likeness (QED) is 0.751. The number of piperazine rings is 1. The van der Waals surface area contributed by atoms with Crippen molar-refractivity contribution in [3.05, 3.63) is 18.2 Å². The van der Waals surface area contributed by atoms with Crippen molar-refractivity contribution in [2.24, 2.45) is 5.92 Å². The summed E-state index contributed by atoms with van der Waals surface area (Å²) in [5.74, 6) is 0.863. The molecule has 1 amide bonds. The summed E-state index contributed by atoms with van der Waals surface area (Å²) in [6.07, 6.45) is 0. The van der Waals surface area contributed by atoms with Gasteiger partial charge in [-0.05, 0) is 12.1 Å². The highest BCUT2D eigenvalue weighted by Crippen LogP contribution is 2.31. The average molecular weight is 406 g/mol. The highest BCUT2D eigenvalue weighted by molar-refractivity contribution is 7.89. The van der Waals surface area contributed by atoms with Gasteiger partial charge in [-0.1, -0.05) is 0 Å². The molecule has 0 saturated carbocycles. The molecule has 0 unspecified atom stereocenters. The van der Waals surface area contributed by atoms with Crippen LogP contribution in [-0.2, 0) is 14.8 Å². The lowest BCUT2D eigenvalue weighted by molar-refractivity contribution is -0.138. The van der Waals surface area contributed by atoms with Crippen molar-refractivity contribution in [1.29, 1.82) is 0 Å². The van der Waals surface area contributed by atoms with Crippen LogP contribution in [0, 0.1) is 5.92 Å². The third-order valence-electron chi connectivity index (χ3n) is 4.67. The molecule has 2 heterocycles.